The normalized spacial score (nSPS) is 21.2. The van der Waals surface area contributed by atoms with Gasteiger partial charge in [-0.1, -0.05) is 6.92 Å². The van der Waals surface area contributed by atoms with Crippen LogP contribution in [0.15, 0.2) is 34.1 Å². The number of nitrogens with zero attached hydrogens (tertiary/aromatic N) is 1. The molecule has 0 aliphatic carbocycles. The summed E-state index contributed by atoms with van der Waals surface area (Å²) in [5.74, 6) is 0. The fourth-order valence-corrected chi connectivity index (χ4v) is 4.75. The van der Waals surface area contributed by atoms with E-state index in [0.717, 1.165) is 19.3 Å². The van der Waals surface area contributed by atoms with E-state index in [2.05, 4.69) is 0 Å². The quantitative estimate of drug-likeness (QED) is 0.891. The third-order valence-corrected chi connectivity index (χ3v) is 6.45. The minimum Gasteiger partial charge on any atom is -0.225 e. The monoisotopic (exact) mass is 318 g/mol. The van der Waals surface area contributed by atoms with Crippen LogP contribution in [-0.2, 0) is 20.0 Å². The summed E-state index contributed by atoms with van der Waals surface area (Å²) in [7, 11) is -7.37. The maximum atomic E-state index is 12.5. The molecule has 1 saturated heterocycles. The molecule has 1 aromatic carbocycles. The second-order valence-electron chi connectivity index (χ2n) is 4.84. The standard InChI is InChI=1S/C12H18N2O4S2/c1-2-10-4-3-9-14(10)20(17,18)12-7-5-11(6-8-12)19(13,15)16/h5-8,10H,2-4,9H2,1H3,(H2,13,15,16). The summed E-state index contributed by atoms with van der Waals surface area (Å²) < 4.78 is 48.9. The maximum absolute atomic E-state index is 12.5. The van der Waals surface area contributed by atoms with Crippen LogP contribution in [0.1, 0.15) is 26.2 Å². The molecular formula is C12H18N2O4S2. The molecule has 2 rings (SSSR count). The van der Waals surface area contributed by atoms with Crippen LogP contribution in [0.25, 0.3) is 0 Å². The lowest BCUT2D eigenvalue weighted by Gasteiger charge is -2.23. The largest absolute Gasteiger partial charge is 0.243 e. The van der Waals surface area contributed by atoms with Gasteiger partial charge in [-0.3, -0.25) is 0 Å². The van der Waals surface area contributed by atoms with Crippen molar-refractivity contribution >= 4 is 20.0 Å². The van der Waals surface area contributed by atoms with E-state index in [4.69, 9.17) is 5.14 Å². The molecule has 1 atom stereocenters. The third-order valence-electron chi connectivity index (χ3n) is 3.55. The molecule has 1 unspecified atom stereocenters. The number of primary sulfonamides is 1. The van der Waals surface area contributed by atoms with Gasteiger partial charge in [0.15, 0.2) is 0 Å². The smallest absolute Gasteiger partial charge is 0.225 e. The van der Waals surface area contributed by atoms with E-state index < -0.39 is 20.0 Å². The van der Waals surface area contributed by atoms with Crippen molar-refractivity contribution in [1.29, 1.82) is 0 Å². The second kappa shape index (κ2) is 5.44. The highest BCUT2D eigenvalue weighted by atomic mass is 32.2. The zero-order valence-corrected chi connectivity index (χ0v) is 12.8. The molecule has 0 saturated carbocycles. The summed E-state index contributed by atoms with van der Waals surface area (Å²) in [4.78, 5) is 0.00941. The van der Waals surface area contributed by atoms with E-state index in [0.29, 0.717) is 6.54 Å². The zero-order chi connectivity index (χ0) is 15.0. The minimum absolute atomic E-state index is 0.0258. The molecule has 112 valence electrons. The Bertz CT molecular complexity index is 681. The molecule has 8 heteroatoms. The third kappa shape index (κ3) is 2.88. The summed E-state index contributed by atoms with van der Waals surface area (Å²) in [6, 6.07) is 5.05. The molecule has 20 heavy (non-hydrogen) atoms. The number of sulfonamides is 2. The lowest BCUT2D eigenvalue weighted by atomic mass is 10.2. The SMILES string of the molecule is CCC1CCCN1S(=O)(=O)c1ccc(S(N)(=O)=O)cc1. The molecule has 0 bridgehead atoms. The van der Waals surface area contributed by atoms with Crippen molar-refractivity contribution < 1.29 is 16.8 Å². The predicted molar refractivity (Wildman–Crippen MR) is 75.0 cm³/mol. The fourth-order valence-electron chi connectivity index (χ4n) is 2.47. The fraction of sp³-hybridized carbons (Fsp3) is 0.500. The van der Waals surface area contributed by atoms with Crippen molar-refractivity contribution in [2.24, 2.45) is 5.14 Å². The van der Waals surface area contributed by atoms with Crippen LogP contribution in [0.5, 0.6) is 0 Å². The molecule has 0 aromatic heterocycles. The molecular weight excluding hydrogens is 300 g/mol. The Labute approximate surface area is 119 Å². The lowest BCUT2D eigenvalue weighted by Crippen LogP contribution is -2.35. The van der Waals surface area contributed by atoms with Gasteiger partial charge in [0.25, 0.3) is 0 Å². The molecule has 1 aliphatic heterocycles. The Morgan fingerprint density at radius 1 is 1.15 bits per heavy atom. The lowest BCUT2D eigenvalue weighted by molar-refractivity contribution is 0.379. The van der Waals surface area contributed by atoms with E-state index in [1.54, 1.807) is 0 Å². The first-order chi connectivity index (χ1) is 9.26. The Morgan fingerprint density at radius 3 is 2.20 bits per heavy atom. The van der Waals surface area contributed by atoms with Gasteiger partial charge in [-0.15, -0.1) is 0 Å². The predicted octanol–water partition coefficient (Wildman–Crippen LogP) is 0.897. The summed E-state index contributed by atoms with van der Waals surface area (Å²) in [6.45, 7) is 2.47. The molecule has 1 fully saturated rings. The highest BCUT2D eigenvalue weighted by Gasteiger charge is 2.34. The first-order valence-corrected chi connectivity index (χ1v) is 9.40. The molecule has 1 heterocycles. The molecule has 0 amide bonds. The minimum atomic E-state index is -3.81. The van der Waals surface area contributed by atoms with Gasteiger partial charge in [0.05, 0.1) is 9.79 Å². The first kappa shape index (κ1) is 15.4. The average molecular weight is 318 g/mol. The van der Waals surface area contributed by atoms with E-state index in [9.17, 15) is 16.8 Å². The highest BCUT2D eigenvalue weighted by Crippen LogP contribution is 2.28. The summed E-state index contributed by atoms with van der Waals surface area (Å²) in [5, 5.41) is 4.99. The van der Waals surface area contributed by atoms with Gasteiger partial charge in [0, 0.05) is 12.6 Å². The van der Waals surface area contributed by atoms with Crippen LogP contribution in [0.3, 0.4) is 0 Å². The van der Waals surface area contributed by atoms with Crippen LogP contribution < -0.4 is 5.14 Å². The van der Waals surface area contributed by atoms with Gasteiger partial charge >= 0.3 is 0 Å². The van der Waals surface area contributed by atoms with Gasteiger partial charge in [-0.25, -0.2) is 22.0 Å². The summed E-state index contributed by atoms with van der Waals surface area (Å²) in [6.07, 6.45) is 2.49. The van der Waals surface area contributed by atoms with E-state index in [-0.39, 0.29) is 15.8 Å². The van der Waals surface area contributed by atoms with E-state index in [1.807, 2.05) is 6.92 Å². The average Bonchev–Trinajstić information content (AvgIpc) is 2.87. The first-order valence-electron chi connectivity index (χ1n) is 6.41. The molecule has 1 aromatic rings. The molecule has 1 aliphatic rings. The Morgan fingerprint density at radius 2 is 1.70 bits per heavy atom. The Kier molecular flexibility index (Phi) is 4.19. The molecule has 0 radical (unpaired) electrons. The van der Waals surface area contributed by atoms with Crippen molar-refractivity contribution in [2.45, 2.75) is 42.0 Å². The van der Waals surface area contributed by atoms with Crippen molar-refractivity contribution in [3.05, 3.63) is 24.3 Å². The summed E-state index contributed by atoms with van der Waals surface area (Å²) in [5.41, 5.74) is 0. The van der Waals surface area contributed by atoms with Crippen LogP contribution in [0, 0.1) is 0 Å². The van der Waals surface area contributed by atoms with Gasteiger partial charge in [-0.05, 0) is 43.5 Å². The van der Waals surface area contributed by atoms with E-state index >= 15 is 0 Å². The van der Waals surface area contributed by atoms with Gasteiger partial charge in [0.2, 0.25) is 20.0 Å². The second-order valence-corrected chi connectivity index (χ2v) is 8.29. The van der Waals surface area contributed by atoms with E-state index in [1.165, 1.54) is 28.6 Å². The highest BCUT2D eigenvalue weighted by molar-refractivity contribution is 7.89. The topological polar surface area (TPSA) is 97.5 Å². The molecule has 0 spiro atoms. The number of benzene rings is 1. The Balaban J connectivity index is 2.35. The van der Waals surface area contributed by atoms with Gasteiger partial charge in [-0.2, -0.15) is 4.31 Å². The van der Waals surface area contributed by atoms with Gasteiger partial charge < -0.3 is 0 Å². The van der Waals surface area contributed by atoms with Crippen LogP contribution in [0.4, 0.5) is 0 Å². The number of hydrogen-bond donors (Lipinski definition) is 1. The number of rotatable bonds is 4. The van der Waals surface area contributed by atoms with Crippen molar-refractivity contribution in [3.8, 4) is 0 Å². The van der Waals surface area contributed by atoms with Crippen molar-refractivity contribution in [1.82, 2.24) is 4.31 Å². The Hall–Kier alpha value is -0.960. The molecule has 2 N–H and O–H groups in total. The van der Waals surface area contributed by atoms with Crippen molar-refractivity contribution in [2.75, 3.05) is 6.54 Å². The summed E-state index contributed by atoms with van der Waals surface area (Å²) >= 11 is 0. The molecule has 6 nitrogen and oxygen atoms in total. The van der Waals surface area contributed by atoms with Gasteiger partial charge in [0.1, 0.15) is 0 Å². The zero-order valence-electron chi connectivity index (χ0n) is 11.2. The number of hydrogen-bond acceptors (Lipinski definition) is 4. The van der Waals surface area contributed by atoms with Crippen LogP contribution in [-0.4, -0.2) is 33.7 Å². The maximum Gasteiger partial charge on any atom is 0.243 e. The van der Waals surface area contributed by atoms with Crippen LogP contribution in [0.2, 0.25) is 0 Å². The van der Waals surface area contributed by atoms with Crippen LogP contribution >= 0.6 is 0 Å². The van der Waals surface area contributed by atoms with Crippen molar-refractivity contribution in [3.63, 3.8) is 0 Å². The number of nitrogens with two attached hydrogens (primary N) is 1.